The Hall–Kier alpha value is -2.04. The molecule has 1 aromatic rings. The summed E-state index contributed by atoms with van der Waals surface area (Å²) in [5, 5.41) is 12.0. The quantitative estimate of drug-likeness (QED) is 0.884. The molecular formula is C14H18FNO3. The van der Waals surface area contributed by atoms with Crippen molar-refractivity contribution < 1.29 is 19.0 Å². The van der Waals surface area contributed by atoms with Gasteiger partial charge in [-0.05, 0) is 32.9 Å². The van der Waals surface area contributed by atoms with Crippen LogP contribution in [0.2, 0.25) is 0 Å². The Bertz CT molecular complexity index is 478. The van der Waals surface area contributed by atoms with E-state index in [1.165, 1.54) is 12.1 Å². The van der Waals surface area contributed by atoms with E-state index in [0.29, 0.717) is 5.56 Å². The van der Waals surface area contributed by atoms with Gasteiger partial charge in [-0.1, -0.05) is 12.2 Å². The van der Waals surface area contributed by atoms with E-state index in [4.69, 9.17) is 4.74 Å². The average molecular weight is 267 g/mol. The molecule has 1 aromatic carbocycles. The Balaban J connectivity index is 2.44. The first-order valence-corrected chi connectivity index (χ1v) is 5.90. The molecule has 5 heteroatoms. The van der Waals surface area contributed by atoms with Crippen molar-refractivity contribution in [1.29, 1.82) is 0 Å². The number of carbonyl (C=O) groups is 1. The molecule has 2 N–H and O–H groups in total. The van der Waals surface area contributed by atoms with E-state index >= 15 is 0 Å². The number of hydrogen-bond donors (Lipinski definition) is 2. The topological polar surface area (TPSA) is 58.6 Å². The summed E-state index contributed by atoms with van der Waals surface area (Å²) in [4.78, 5) is 11.3. The maximum atomic E-state index is 12.7. The fourth-order valence-corrected chi connectivity index (χ4v) is 1.30. The highest BCUT2D eigenvalue weighted by Crippen LogP contribution is 2.19. The van der Waals surface area contributed by atoms with Crippen molar-refractivity contribution in [2.75, 3.05) is 6.54 Å². The summed E-state index contributed by atoms with van der Waals surface area (Å²) in [5.41, 5.74) is -0.0596. The number of alkyl carbamates (subject to hydrolysis) is 1. The van der Waals surface area contributed by atoms with E-state index < -0.39 is 17.5 Å². The Labute approximate surface area is 111 Å². The highest BCUT2D eigenvalue weighted by atomic mass is 19.1. The second-order valence-electron chi connectivity index (χ2n) is 4.99. The van der Waals surface area contributed by atoms with Gasteiger partial charge in [0.05, 0.1) is 0 Å². The summed E-state index contributed by atoms with van der Waals surface area (Å²) >= 11 is 0. The lowest BCUT2D eigenvalue weighted by molar-refractivity contribution is 0.0534. The fourth-order valence-electron chi connectivity index (χ4n) is 1.30. The number of phenols is 1. The lowest BCUT2D eigenvalue weighted by Gasteiger charge is -2.19. The molecule has 0 atom stereocenters. The summed E-state index contributed by atoms with van der Waals surface area (Å²) in [7, 11) is 0. The highest BCUT2D eigenvalue weighted by Gasteiger charge is 2.14. The molecule has 104 valence electrons. The predicted octanol–water partition coefficient (Wildman–Crippen LogP) is 3.07. The van der Waals surface area contributed by atoms with Gasteiger partial charge in [-0.15, -0.1) is 0 Å². The predicted molar refractivity (Wildman–Crippen MR) is 71.3 cm³/mol. The van der Waals surface area contributed by atoms with Gasteiger partial charge in [0.25, 0.3) is 0 Å². The number of carbonyl (C=O) groups excluding carboxylic acids is 1. The summed E-state index contributed by atoms with van der Waals surface area (Å²) in [6, 6.07) is 3.73. The molecule has 0 aliphatic carbocycles. The lowest BCUT2D eigenvalue weighted by Crippen LogP contribution is -2.32. The molecule has 4 nitrogen and oxygen atoms in total. The minimum absolute atomic E-state index is 0.145. The Morgan fingerprint density at radius 3 is 2.74 bits per heavy atom. The minimum atomic E-state index is -0.539. The van der Waals surface area contributed by atoms with Crippen LogP contribution >= 0.6 is 0 Å². The molecule has 1 amide bonds. The van der Waals surface area contributed by atoms with E-state index in [0.717, 1.165) is 6.07 Å². The normalized spacial score (nSPS) is 11.6. The van der Waals surface area contributed by atoms with Gasteiger partial charge in [0.1, 0.15) is 17.2 Å². The number of benzene rings is 1. The van der Waals surface area contributed by atoms with Crippen molar-refractivity contribution in [1.82, 2.24) is 5.32 Å². The number of phenolic OH excluding ortho intramolecular Hbond substituents is 1. The molecule has 0 heterocycles. The molecule has 0 spiro atoms. The standard InChI is InChI=1S/C14H18FNO3/c1-14(2,3)19-13(18)16-8-4-5-10-6-7-11(15)9-12(10)17/h4-7,9,17H,8H2,1-3H3,(H,16,18). The second kappa shape index (κ2) is 6.22. The van der Waals surface area contributed by atoms with E-state index in [9.17, 15) is 14.3 Å². The van der Waals surface area contributed by atoms with Crippen LogP contribution in [0.15, 0.2) is 24.3 Å². The Kier molecular flexibility index (Phi) is 4.92. The maximum Gasteiger partial charge on any atom is 0.407 e. The van der Waals surface area contributed by atoms with E-state index in [1.807, 2.05) is 0 Å². The molecule has 0 aromatic heterocycles. The van der Waals surface area contributed by atoms with E-state index in [1.54, 1.807) is 32.9 Å². The third kappa shape index (κ3) is 5.90. The molecule has 0 unspecified atom stereocenters. The van der Waals surface area contributed by atoms with Crippen molar-refractivity contribution in [3.05, 3.63) is 35.7 Å². The first kappa shape index (κ1) is 15.0. The smallest absolute Gasteiger partial charge is 0.407 e. The van der Waals surface area contributed by atoms with E-state index in [-0.39, 0.29) is 12.3 Å². The van der Waals surface area contributed by atoms with Crippen molar-refractivity contribution in [2.24, 2.45) is 0 Å². The number of aromatic hydroxyl groups is 1. The zero-order valence-corrected chi connectivity index (χ0v) is 11.2. The first-order valence-electron chi connectivity index (χ1n) is 5.90. The van der Waals surface area contributed by atoms with Gasteiger partial charge in [-0.3, -0.25) is 0 Å². The molecule has 1 rings (SSSR count). The van der Waals surface area contributed by atoms with Crippen LogP contribution in [-0.2, 0) is 4.74 Å². The molecule has 0 saturated heterocycles. The number of ether oxygens (including phenoxy) is 1. The van der Waals surface area contributed by atoms with Crippen LogP contribution in [0.25, 0.3) is 6.08 Å². The summed E-state index contributed by atoms with van der Waals surface area (Å²) in [5.74, 6) is -0.643. The third-order valence-corrected chi connectivity index (χ3v) is 2.05. The number of hydrogen-bond acceptors (Lipinski definition) is 3. The maximum absolute atomic E-state index is 12.7. The highest BCUT2D eigenvalue weighted by molar-refractivity contribution is 5.68. The van der Waals surface area contributed by atoms with Crippen molar-refractivity contribution in [3.63, 3.8) is 0 Å². The molecular weight excluding hydrogens is 249 g/mol. The van der Waals surface area contributed by atoms with Crippen LogP contribution in [0.3, 0.4) is 0 Å². The van der Waals surface area contributed by atoms with Gasteiger partial charge >= 0.3 is 6.09 Å². The van der Waals surface area contributed by atoms with Gasteiger partial charge in [0, 0.05) is 18.2 Å². The van der Waals surface area contributed by atoms with Crippen LogP contribution in [0.1, 0.15) is 26.3 Å². The van der Waals surface area contributed by atoms with Crippen LogP contribution in [0.5, 0.6) is 5.75 Å². The summed E-state index contributed by atoms with van der Waals surface area (Å²) < 4.78 is 17.8. The second-order valence-corrected chi connectivity index (χ2v) is 4.99. The molecule has 0 radical (unpaired) electrons. The van der Waals surface area contributed by atoms with Crippen LogP contribution in [0.4, 0.5) is 9.18 Å². The molecule has 0 aliphatic heterocycles. The molecule has 19 heavy (non-hydrogen) atoms. The summed E-state index contributed by atoms with van der Waals surface area (Å²) in [6.07, 6.45) is 2.71. The Morgan fingerprint density at radius 2 is 2.16 bits per heavy atom. The minimum Gasteiger partial charge on any atom is -0.507 e. The largest absolute Gasteiger partial charge is 0.507 e. The third-order valence-electron chi connectivity index (χ3n) is 2.05. The Morgan fingerprint density at radius 1 is 1.47 bits per heavy atom. The monoisotopic (exact) mass is 267 g/mol. The lowest BCUT2D eigenvalue weighted by atomic mass is 10.2. The molecule has 0 bridgehead atoms. The average Bonchev–Trinajstić information content (AvgIpc) is 2.24. The zero-order chi connectivity index (χ0) is 14.5. The molecule has 0 aliphatic rings. The SMILES string of the molecule is CC(C)(C)OC(=O)NCC=Cc1ccc(F)cc1O. The van der Waals surface area contributed by atoms with Crippen molar-refractivity contribution >= 4 is 12.2 Å². The van der Waals surface area contributed by atoms with Gasteiger partial charge in [-0.2, -0.15) is 0 Å². The first-order chi connectivity index (χ1) is 8.78. The van der Waals surface area contributed by atoms with Crippen LogP contribution < -0.4 is 5.32 Å². The van der Waals surface area contributed by atoms with Crippen molar-refractivity contribution in [3.8, 4) is 5.75 Å². The number of nitrogens with one attached hydrogen (secondary N) is 1. The number of rotatable bonds is 3. The van der Waals surface area contributed by atoms with Gasteiger partial charge < -0.3 is 15.2 Å². The van der Waals surface area contributed by atoms with E-state index in [2.05, 4.69) is 5.32 Å². The molecule has 0 saturated carbocycles. The number of amides is 1. The van der Waals surface area contributed by atoms with Crippen LogP contribution in [0, 0.1) is 5.82 Å². The van der Waals surface area contributed by atoms with Gasteiger partial charge in [0.2, 0.25) is 0 Å². The van der Waals surface area contributed by atoms with Crippen LogP contribution in [-0.4, -0.2) is 23.3 Å². The van der Waals surface area contributed by atoms with Gasteiger partial charge in [-0.25, -0.2) is 9.18 Å². The van der Waals surface area contributed by atoms with Crippen molar-refractivity contribution in [2.45, 2.75) is 26.4 Å². The zero-order valence-electron chi connectivity index (χ0n) is 11.2. The fraction of sp³-hybridized carbons (Fsp3) is 0.357. The molecule has 0 fully saturated rings. The number of halogens is 1. The summed E-state index contributed by atoms with van der Waals surface area (Å²) in [6.45, 7) is 5.59. The van der Waals surface area contributed by atoms with Gasteiger partial charge in [0.15, 0.2) is 0 Å².